The fraction of sp³-hybridized carbons (Fsp3) is 0.250. The molecule has 1 N–H and O–H groups in total. The van der Waals surface area contributed by atoms with E-state index in [-0.39, 0.29) is 11.3 Å². The summed E-state index contributed by atoms with van der Waals surface area (Å²) in [5.41, 5.74) is 4.57. The van der Waals surface area contributed by atoms with Crippen LogP contribution in [0.25, 0.3) is 16.9 Å². The van der Waals surface area contributed by atoms with Gasteiger partial charge < -0.3 is 5.11 Å². The molecule has 3 aromatic rings. The lowest BCUT2D eigenvalue weighted by Crippen LogP contribution is -2.12. The van der Waals surface area contributed by atoms with Crippen molar-refractivity contribution < 1.29 is 5.11 Å². The van der Waals surface area contributed by atoms with Gasteiger partial charge in [0.1, 0.15) is 5.69 Å². The van der Waals surface area contributed by atoms with Gasteiger partial charge in [-0.05, 0) is 24.5 Å². The molecular formula is C20H22N2O. The molecule has 118 valence electrons. The van der Waals surface area contributed by atoms with Gasteiger partial charge in [0.15, 0.2) is 0 Å². The Kier molecular flexibility index (Phi) is 3.72. The standard InChI is InChI=1S/C20H22N2O/c1-14-10-12-15(13-11-14)18-17(20(2,3)4)19(23)22(21-18)16-8-6-5-7-9-16/h5-13,23H,1-4H3. The molecular weight excluding hydrogens is 284 g/mol. The summed E-state index contributed by atoms with van der Waals surface area (Å²) in [5, 5.41) is 15.5. The van der Waals surface area contributed by atoms with Crippen molar-refractivity contribution in [1.82, 2.24) is 9.78 Å². The highest BCUT2D eigenvalue weighted by Crippen LogP contribution is 2.39. The van der Waals surface area contributed by atoms with E-state index in [1.165, 1.54) is 5.56 Å². The van der Waals surface area contributed by atoms with Crippen molar-refractivity contribution in [2.24, 2.45) is 0 Å². The molecule has 3 heteroatoms. The van der Waals surface area contributed by atoms with Crippen LogP contribution in [0.1, 0.15) is 31.9 Å². The van der Waals surface area contributed by atoms with Crippen molar-refractivity contribution in [1.29, 1.82) is 0 Å². The molecule has 0 amide bonds. The van der Waals surface area contributed by atoms with Crippen LogP contribution in [0.15, 0.2) is 54.6 Å². The number of nitrogens with zero attached hydrogens (tertiary/aromatic N) is 2. The van der Waals surface area contributed by atoms with Gasteiger partial charge in [-0.1, -0.05) is 68.8 Å². The van der Waals surface area contributed by atoms with Crippen LogP contribution in [0, 0.1) is 6.92 Å². The lowest BCUT2D eigenvalue weighted by atomic mass is 9.85. The van der Waals surface area contributed by atoms with E-state index in [9.17, 15) is 5.11 Å². The number of aromatic hydroxyl groups is 1. The molecule has 23 heavy (non-hydrogen) atoms. The predicted molar refractivity (Wildman–Crippen MR) is 94.1 cm³/mol. The maximum atomic E-state index is 10.8. The number of rotatable bonds is 2. The Bertz CT molecular complexity index is 809. The van der Waals surface area contributed by atoms with Crippen molar-refractivity contribution >= 4 is 0 Å². The molecule has 0 aliphatic carbocycles. The van der Waals surface area contributed by atoms with Crippen molar-refractivity contribution in [2.45, 2.75) is 33.1 Å². The summed E-state index contributed by atoms with van der Waals surface area (Å²) in [6, 6.07) is 18.0. The topological polar surface area (TPSA) is 38.0 Å². The average Bonchev–Trinajstić information content (AvgIpc) is 2.86. The summed E-state index contributed by atoms with van der Waals surface area (Å²) >= 11 is 0. The van der Waals surface area contributed by atoms with Gasteiger partial charge in [-0.25, -0.2) is 4.68 Å². The zero-order chi connectivity index (χ0) is 16.6. The van der Waals surface area contributed by atoms with E-state index in [2.05, 4.69) is 52.0 Å². The second kappa shape index (κ2) is 5.58. The van der Waals surface area contributed by atoms with Crippen molar-refractivity contribution in [3.63, 3.8) is 0 Å². The Morgan fingerprint density at radius 3 is 2.09 bits per heavy atom. The summed E-state index contributed by atoms with van der Waals surface area (Å²) in [6.45, 7) is 8.35. The lowest BCUT2D eigenvalue weighted by molar-refractivity contribution is 0.414. The van der Waals surface area contributed by atoms with Crippen LogP contribution in [0.3, 0.4) is 0 Å². The Balaban J connectivity index is 2.25. The molecule has 1 heterocycles. The molecule has 3 rings (SSSR count). The Hall–Kier alpha value is -2.55. The van der Waals surface area contributed by atoms with E-state index >= 15 is 0 Å². The molecule has 0 atom stereocenters. The minimum Gasteiger partial charge on any atom is -0.493 e. The maximum absolute atomic E-state index is 10.8. The van der Waals surface area contributed by atoms with E-state index < -0.39 is 0 Å². The quantitative estimate of drug-likeness (QED) is 0.735. The third kappa shape index (κ3) is 2.87. The first-order valence-corrected chi connectivity index (χ1v) is 7.83. The van der Waals surface area contributed by atoms with Crippen LogP contribution in [0.2, 0.25) is 0 Å². The fourth-order valence-corrected chi connectivity index (χ4v) is 2.76. The smallest absolute Gasteiger partial charge is 0.218 e. The highest BCUT2D eigenvalue weighted by Gasteiger charge is 2.28. The number of para-hydroxylation sites is 1. The molecule has 0 radical (unpaired) electrons. The largest absolute Gasteiger partial charge is 0.493 e. The Labute approximate surface area is 137 Å². The van der Waals surface area contributed by atoms with Crippen LogP contribution >= 0.6 is 0 Å². The van der Waals surface area contributed by atoms with Gasteiger partial charge in [-0.3, -0.25) is 0 Å². The number of benzene rings is 2. The first-order chi connectivity index (χ1) is 10.9. The molecule has 0 aliphatic rings. The second-order valence-electron chi connectivity index (χ2n) is 6.91. The molecule has 0 saturated heterocycles. The monoisotopic (exact) mass is 306 g/mol. The highest BCUT2D eigenvalue weighted by atomic mass is 16.3. The number of aryl methyl sites for hydroxylation is 1. The maximum Gasteiger partial charge on any atom is 0.218 e. The average molecular weight is 306 g/mol. The molecule has 3 nitrogen and oxygen atoms in total. The van der Waals surface area contributed by atoms with Crippen molar-refractivity contribution in [3.8, 4) is 22.8 Å². The van der Waals surface area contributed by atoms with Crippen LogP contribution in [-0.2, 0) is 5.41 Å². The number of hydrogen-bond acceptors (Lipinski definition) is 2. The summed E-state index contributed by atoms with van der Waals surface area (Å²) in [6.07, 6.45) is 0. The van der Waals surface area contributed by atoms with Gasteiger partial charge in [-0.2, -0.15) is 5.10 Å². The van der Waals surface area contributed by atoms with Crippen molar-refractivity contribution in [3.05, 3.63) is 65.7 Å². The predicted octanol–water partition coefficient (Wildman–Crippen LogP) is 4.85. The van der Waals surface area contributed by atoms with Gasteiger partial charge in [-0.15, -0.1) is 0 Å². The van der Waals surface area contributed by atoms with Crippen molar-refractivity contribution in [2.75, 3.05) is 0 Å². The zero-order valence-electron chi connectivity index (χ0n) is 14.0. The van der Waals surface area contributed by atoms with Gasteiger partial charge >= 0.3 is 0 Å². The minimum absolute atomic E-state index is 0.208. The minimum atomic E-state index is -0.211. The Morgan fingerprint density at radius 2 is 1.52 bits per heavy atom. The van der Waals surface area contributed by atoms with Crippen LogP contribution in [0.4, 0.5) is 0 Å². The lowest BCUT2D eigenvalue weighted by Gasteiger charge is -2.19. The highest BCUT2D eigenvalue weighted by molar-refractivity contribution is 5.68. The molecule has 2 aromatic carbocycles. The third-order valence-electron chi connectivity index (χ3n) is 3.94. The van der Waals surface area contributed by atoms with Gasteiger partial charge in [0.2, 0.25) is 5.88 Å². The van der Waals surface area contributed by atoms with E-state index in [0.717, 1.165) is 22.5 Å². The normalized spacial score (nSPS) is 11.7. The van der Waals surface area contributed by atoms with Gasteiger partial charge in [0, 0.05) is 11.1 Å². The molecule has 0 spiro atoms. The Morgan fingerprint density at radius 1 is 0.913 bits per heavy atom. The van der Waals surface area contributed by atoms with E-state index in [0.29, 0.717) is 0 Å². The van der Waals surface area contributed by atoms with Crippen LogP contribution in [-0.4, -0.2) is 14.9 Å². The van der Waals surface area contributed by atoms with Crippen LogP contribution in [0.5, 0.6) is 5.88 Å². The summed E-state index contributed by atoms with van der Waals surface area (Å²) in [5.74, 6) is 0.208. The fourth-order valence-electron chi connectivity index (χ4n) is 2.76. The second-order valence-corrected chi connectivity index (χ2v) is 6.91. The SMILES string of the molecule is Cc1ccc(-c2nn(-c3ccccc3)c(O)c2C(C)(C)C)cc1. The summed E-state index contributed by atoms with van der Waals surface area (Å²) in [4.78, 5) is 0. The summed E-state index contributed by atoms with van der Waals surface area (Å²) in [7, 11) is 0. The first kappa shape index (κ1) is 15.3. The van der Waals surface area contributed by atoms with Gasteiger partial charge in [0.25, 0.3) is 0 Å². The van der Waals surface area contributed by atoms with E-state index in [4.69, 9.17) is 5.10 Å². The van der Waals surface area contributed by atoms with E-state index in [1.54, 1.807) is 4.68 Å². The molecule has 0 fully saturated rings. The summed E-state index contributed by atoms with van der Waals surface area (Å²) < 4.78 is 1.62. The zero-order valence-corrected chi connectivity index (χ0v) is 14.0. The molecule has 0 unspecified atom stereocenters. The third-order valence-corrected chi connectivity index (χ3v) is 3.94. The number of hydrogen-bond donors (Lipinski definition) is 1. The number of aromatic nitrogens is 2. The van der Waals surface area contributed by atoms with Gasteiger partial charge in [0.05, 0.1) is 5.69 Å². The molecule has 0 bridgehead atoms. The molecule has 0 saturated carbocycles. The molecule has 0 aliphatic heterocycles. The van der Waals surface area contributed by atoms with Crippen LogP contribution < -0.4 is 0 Å². The van der Waals surface area contributed by atoms with E-state index in [1.807, 2.05) is 30.3 Å². The molecule has 1 aromatic heterocycles. The first-order valence-electron chi connectivity index (χ1n) is 7.83.